The Bertz CT molecular complexity index is 595. The van der Waals surface area contributed by atoms with Crippen LogP contribution in [-0.4, -0.2) is 5.91 Å². The molecule has 0 radical (unpaired) electrons. The van der Waals surface area contributed by atoms with Gasteiger partial charge in [0, 0.05) is 9.75 Å². The van der Waals surface area contributed by atoms with E-state index in [0.717, 1.165) is 11.3 Å². The number of benzene rings is 1. The highest BCUT2D eigenvalue weighted by Gasteiger charge is 2.12. The van der Waals surface area contributed by atoms with Crippen molar-refractivity contribution in [2.75, 3.05) is 5.73 Å². The van der Waals surface area contributed by atoms with Gasteiger partial charge in [-0.15, -0.1) is 11.3 Å². The van der Waals surface area contributed by atoms with E-state index < -0.39 is 5.82 Å². The lowest BCUT2D eigenvalue weighted by atomic mass is 10.1. The molecule has 0 aliphatic heterocycles. The van der Waals surface area contributed by atoms with Gasteiger partial charge in [-0.25, -0.2) is 4.39 Å². The van der Waals surface area contributed by atoms with E-state index in [9.17, 15) is 9.18 Å². The fourth-order valence-electron chi connectivity index (χ4n) is 1.70. The van der Waals surface area contributed by atoms with Crippen molar-refractivity contribution in [2.45, 2.75) is 19.9 Å². The topological polar surface area (TPSA) is 55.1 Å². The third-order valence-corrected chi connectivity index (χ3v) is 4.02. The summed E-state index contributed by atoms with van der Waals surface area (Å²) in [5.41, 5.74) is 5.61. The number of carbonyl (C=O) groups excluding carboxylic acids is 1. The zero-order valence-corrected chi connectivity index (χ0v) is 11.4. The second kappa shape index (κ2) is 5.84. The number of carbonyl (C=O) groups is 1. The molecular weight excluding hydrogens is 263 g/mol. The summed E-state index contributed by atoms with van der Waals surface area (Å²) in [5.74, 6) is -0.930. The summed E-state index contributed by atoms with van der Waals surface area (Å²) >= 11 is 1.66. The van der Waals surface area contributed by atoms with E-state index in [1.165, 1.54) is 23.1 Å². The molecule has 0 aliphatic carbocycles. The molecule has 0 spiro atoms. The number of thiophene rings is 1. The van der Waals surface area contributed by atoms with Crippen molar-refractivity contribution in [3.8, 4) is 0 Å². The number of nitrogens with one attached hydrogen (secondary N) is 1. The van der Waals surface area contributed by atoms with E-state index in [-0.39, 0.29) is 17.2 Å². The van der Waals surface area contributed by atoms with Gasteiger partial charge in [-0.05, 0) is 30.7 Å². The van der Waals surface area contributed by atoms with Crippen LogP contribution in [0, 0.1) is 5.82 Å². The fraction of sp³-hybridized carbons (Fsp3) is 0.214. The Hall–Kier alpha value is -1.88. The smallest absolute Gasteiger partial charge is 0.253 e. The predicted molar refractivity (Wildman–Crippen MR) is 75.7 cm³/mol. The Labute approximate surface area is 115 Å². The molecule has 0 saturated heterocycles. The van der Waals surface area contributed by atoms with E-state index in [4.69, 9.17) is 5.73 Å². The van der Waals surface area contributed by atoms with Crippen molar-refractivity contribution >= 4 is 22.9 Å². The summed E-state index contributed by atoms with van der Waals surface area (Å²) in [5, 5.41) is 2.75. The van der Waals surface area contributed by atoms with Gasteiger partial charge in [0.25, 0.3) is 5.91 Å². The number of para-hydroxylation sites is 1. The normalized spacial score (nSPS) is 10.4. The zero-order chi connectivity index (χ0) is 13.8. The lowest BCUT2D eigenvalue weighted by Crippen LogP contribution is -2.23. The number of nitrogen functional groups attached to an aromatic ring is 1. The van der Waals surface area contributed by atoms with Crippen LogP contribution in [0.5, 0.6) is 0 Å². The summed E-state index contributed by atoms with van der Waals surface area (Å²) in [6, 6.07) is 8.25. The quantitative estimate of drug-likeness (QED) is 0.845. The average molecular weight is 278 g/mol. The van der Waals surface area contributed by atoms with Crippen LogP contribution in [0.4, 0.5) is 10.1 Å². The van der Waals surface area contributed by atoms with Gasteiger partial charge < -0.3 is 11.1 Å². The number of rotatable bonds is 4. The molecule has 0 saturated carbocycles. The van der Waals surface area contributed by atoms with Crippen molar-refractivity contribution in [1.82, 2.24) is 5.32 Å². The van der Waals surface area contributed by atoms with Crippen molar-refractivity contribution < 1.29 is 9.18 Å². The third-order valence-electron chi connectivity index (χ3n) is 2.79. The van der Waals surface area contributed by atoms with Gasteiger partial charge >= 0.3 is 0 Å². The summed E-state index contributed by atoms with van der Waals surface area (Å²) < 4.78 is 13.2. The van der Waals surface area contributed by atoms with Gasteiger partial charge in [0.05, 0.1) is 17.8 Å². The molecular formula is C14H15FN2OS. The minimum Gasteiger partial charge on any atom is -0.396 e. The lowest BCUT2D eigenvalue weighted by Gasteiger charge is -2.07. The van der Waals surface area contributed by atoms with Gasteiger partial charge in [0.15, 0.2) is 0 Å². The summed E-state index contributed by atoms with van der Waals surface area (Å²) in [6.45, 7) is 2.51. The molecule has 3 N–H and O–H groups in total. The Morgan fingerprint density at radius 2 is 2.05 bits per heavy atom. The maximum Gasteiger partial charge on any atom is 0.253 e. The first-order valence-corrected chi connectivity index (χ1v) is 6.83. The molecule has 0 bridgehead atoms. The molecule has 1 amide bonds. The van der Waals surface area contributed by atoms with Crippen molar-refractivity contribution in [3.05, 3.63) is 51.5 Å². The highest BCUT2D eigenvalue weighted by Crippen LogP contribution is 2.18. The van der Waals surface area contributed by atoms with Crippen LogP contribution in [0.15, 0.2) is 30.3 Å². The van der Waals surface area contributed by atoms with Gasteiger partial charge in [0.1, 0.15) is 5.82 Å². The molecule has 2 aromatic rings. The van der Waals surface area contributed by atoms with Crippen LogP contribution >= 0.6 is 11.3 Å². The zero-order valence-electron chi connectivity index (χ0n) is 10.6. The number of hydrogen-bond donors (Lipinski definition) is 2. The second-order valence-corrected chi connectivity index (χ2v) is 5.36. The standard InChI is InChI=1S/C14H15FN2OS/c1-2-9-6-7-10(19-9)8-17-14(18)11-4-3-5-12(15)13(11)16/h3-7H,2,8,16H2,1H3,(H,17,18). The molecule has 0 atom stereocenters. The van der Waals surface area contributed by atoms with Crippen LogP contribution in [-0.2, 0) is 13.0 Å². The largest absolute Gasteiger partial charge is 0.396 e. The number of amides is 1. The molecule has 19 heavy (non-hydrogen) atoms. The van der Waals surface area contributed by atoms with Crippen LogP contribution in [0.3, 0.4) is 0 Å². The minimum absolute atomic E-state index is 0.111. The van der Waals surface area contributed by atoms with Gasteiger partial charge in [0.2, 0.25) is 0 Å². The summed E-state index contributed by atoms with van der Waals surface area (Å²) in [6.07, 6.45) is 0.982. The van der Waals surface area contributed by atoms with E-state index in [0.29, 0.717) is 6.54 Å². The van der Waals surface area contributed by atoms with E-state index in [1.54, 1.807) is 11.3 Å². The highest BCUT2D eigenvalue weighted by atomic mass is 32.1. The number of aryl methyl sites for hydroxylation is 1. The molecule has 0 aliphatic rings. The van der Waals surface area contributed by atoms with E-state index in [2.05, 4.69) is 12.2 Å². The molecule has 3 nitrogen and oxygen atoms in total. The Morgan fingerprint density at radius 3 is 2.74 bits per heavy atom. The number of nitrogens with two attached hydrogens (primary N) is 1. The van der Waals surface area contributed by atoms with E-state index in [1.807, 2.05) is 12.1 Å². The second-order valence-electron chi connectivity index (χ2n) is 4.11. The predicted octanol–water partition coefficient (Wildman–Crippen LogP) is 2.96. The fourth-order valence-corrected chi connectivity index (χ4v) is 2.60. The molecule has 1 aromatic carbocycles. The third kappa shape index (κ3) is 3.12. The van der Waals surface area contributed by atoms with Crippen molar-refractivity contribution in [3.63, 3.8) is 0 Å². The molecule has 5 heteroatoms. The Morgan fingerprint density at radius 1 is 1.32 bits per heavy atom. The summed E-state index contributed by atoms with van der Waals surface area (Å²) in [4.78, 5) is 14.3. The average Bonchev–Trinajstić information content (AvgIpc) is 2.87. The lowest BCUT2D eigenvalue weighted by molar-refractivity contribution is 0.0952. The van der Waals surface area contributed by atoms with Gasteiger partial charge in [-0.3, -0.25) is 4.79 Å². The maximum atomic E-state index is 13.2. The van der Waals surface area contributed by atoms with Gasteiger partial charge in [-0.1, -0.05) is 13.0 Å². The molecule has 1 heterocycles. The summed E-state index contributed by atoms with van der Waals surface area (Å²) in [7, 11) is 0. The Kier molecular flexibility index (Phi) is 4.16. The SMILES string of the molecule is CCc1ccc(CNC(=O)c2cccc(F)c2N)s1. The molecule has 2 rings (SSSR count). The van der Waals surface area contributed by atoms with E-state index >= 15 is 0 Å². The first-order chi connectivity index (χ1) is 9.11. The van der Waals surface area contributed by atoms with Crippen LogP contribution in [0.1, 0.15) is 27.0 Å². The number of anilines is 1. The van der Waals surface area contributed by atoms with Gasteiger partial charge in [-0.2, -0.15) is 0 Å². The highest BCUT2D eigenvalue weighted by molar-refractivity contribution is 7.11. The molecule has 0 unspecified atom stereocenters. The number of halogens is 1. The monoisotopic (exact) mass is 278 g/mol. The maximum absolute atomic E-state index is 13.2. The molecule has 100 valence electrons. The van der Waals surface area contributed by atoms with Crippen molar-refractivity contribution in [2.24, 2.45) is 0 Å². The van der Waals surface area contributed by atoms with Crippen LogP contribution in [0.2, 0.25) is 0 Å². The van der Waals surface area contributed by atoms with Crippen molar-refractivity contribution in [1.29, 1.82) is 0 Å². The Balaban J connectivity index is 2.03. The number of hydrogen-bond acceptors (Lipinski definition) is 3. The molecule has 0 fully saturated rings. The molecule has 1 aromatic heterocycles. The minimum atomic E-state index is -0.572. The first kappa shape index (κ1) is 13.5. The first-order valence-electron chi connectivity index (χ1n) is 6.01. The van der Waals surface area contributed by atoms with Crippen LogP contribution in [0.25, 0.3) is 0 Å². The van der Waals surface area contributed by atoms with Crippen LogP contribution < -0.4 is 11.1 Å².